The van der Waals surface area contributed by atoms with Crippen LogP contribution >= 0.6 is 0 Å². The molecule has 0 spiro atoms. The number of Topliss-reactive ketones (excluding diaryl/α,β-unsaturated/α-hetero) is 2. The molecular weight excluding hydrogens is 408 g/mol. The highest BCUT2D eigenvalue weighted by atomic mass is 16.3. The molecule has 33 heavy (non-hydrogen) atoms. The Kier molecular flexibility index (Phi) is 4.92. The number of ketones is 2. The van der Waals surface area contributed by atoms with Crippen LogP contribution in [0.2, 0.25) is 0 Å². The van der Waals surface area contributed by atoms with Crippen molar-refractivity contribution in [3.05, 3.63) is 12.2 Å². The summed E-state index contributed by atoms with van der Waals surface area (Å²) in [4.78, 5) is 26.1. The predicted molar refractivity (Wildman–Crippen MR) is 131 cm³/mol. The average Bonchev–Trinajstić information content (AvgIpc) is 2.96. The minimum Gasteiger partial charge on any atom is -0.393 e. The van der Waals surface area contributed by atoms with Gasteiger partial charge in [-0.25, -0.2) is 0 Å². The van der Waals surface area contributed by atoms with Crippen molar-refractivity contribution in [2.24, 2.45) is 56.7 Å². The molecule has 0 aromatic heterocycles. The van der Waals surface area contributed by atoms with Gasteiger partial charge in [-0.15, -0.1) is 0 Å². The number of rotatable bonds is 1. The smallest absolute Gasteiger partial charge is 0.140 e. The van der Waals surface area contributed by atoms with Gasteiger partial charge in [0, 0.05) is 30.1 Å². The Hall–Kier alpha value is -0.960. The van der Waals surface area contributed by atoms with Crippen LogP contribution in [0.4, 0.5) is 0 Å². The Morgan fingerprint density at radius 2 is 1.64 bits per heavy atom. The van der Waals surface area contributed by atoms with E-state index >= 15 is 0 Å². The second-order valence-electron chi connectivity index (χ2n) is 14.6. The van der Waals surface area contributed by atoms with Gasteiger partial charge in [0.2, 0.25) is 0 Å². The molecule has 10 atom stereocenters. The Morgan fingerprint density at radius 1 is 0.970 bits per heavy atom. The van der Waals surface area contributed by atoms with Gasteiger partial charge in [0.25, 0.3) is 0 Å². The molecule has 5 rings (SSSR count). The van der Waals surface area contributed by atoms with Crippen molar-refractivity contribution in [3.8, 4) is 0 Å². The van der Waals surface area contributed by atoms with Gasteiger partial charge < -0.3 is 5.11 Å². The highest BCUT2D eigenvalue weighted by Crippen LogP contribution is 2.77. The SMILES string of the molecule is C=C(C)[C@@H]1C(=O)C[C@]2(C)CC[C@]3(C)[C@H](CC[C@@H]4[C@@]5(C)CCC(=O)C(C)(C)[C@@H]5[C@H](O)C[C@]43C)[C@@H]12. The summed E-state index contributed by atoms with van der Waals surface area (Å²) in [5.74, 6) is 2.17. The third kappa shape index (κ3) is 2.72. The summed E-state index contributed by atoms with van der Waals surface area (Å²) in [5.41, 5.74) is 0.779. The van der Waals surface area contributed by atoms with Crippen molar-refractivity contribution < 1.29 is 14.7 Å². The molecule has 0 heterocycles. The normalized spacial score (nSPS) is 55.3. The summed E-state index contributed by atoms with van der Waals surface area (Å²) in [6.45, 7) is 20.3. The largest absolute Gasteiger partial charge is 0.393 e. The first-order chi connectivity index (χ1) is 15.1. The topological polar surface area (TPSA) is 54.4 Å². The van der Waals surface area contributed by atoms with Crippen molar-refractivity contribution in [3.63, 3.8) is 0 Å². The molecule has 0 amide bonds. The Balaban J connectivity index is 1.60. The van der Waals surface area contributed by atoms with Crippen LogP contribution in [-0.2, 0) is 9.59 Å². The van der Waals surface area contributed by atoms with Gasteiger partial charge in [-0.1, -0.05) is 53.7 Å². The van der Waals surface area contributed by atoms with Crippen LogP contribution in [0.25, 0.3) is 0 Å². The summed E-state index contributed by atoms with van der Waals surface area (Å²) in [6, 6.07) is 0. The maximum absolute atomic E-state index is 13.2. The van der Waals surface area contributed by atoms with Gasteiger partial charge in [0.15, 0.2) is 0 Å². The Morgan fingerprint density at radius 3 is 2.27 bits per heavy atom. The molecule has 0 aliphatic heterocycles. The molecule has 0 aromatic carbocycles. The first-order valence-corrected chi connectivity index (χ1v) is 13.5. The summed E-state index contributed by atoms with van der Waals surface area (Å²) in [6.07, 6.45) is 7.18. The molecule has 1 N–H and O–H groups in total. The van der Waals surface area contributed by atoms with Crippen LogP contribution in [0.3, 0.4) is 0 Å². The first-order valence-electron chi connectivity index (χ1n) is 13.5. The molecule has 0 saturated heterocycles. The number of allylic oxidation sites excluding steroid dienone is 1. The summed E-state index contributed by atoms with van der Waals surface area (Å²) in [5, 5.41) is 11.7. The van der Waals surface area contributed by atoms with E-state index in [2.05, 4.69) is 55.0 Å². The summed E-state index contributed by atoms with van der Waals surface area (Å²) >= 11 is 0. The first kappa shape index (κ1) is 23.8. The van der Waals surface area contributed by atoms with E-state index in [-0.39, 0.29) is 33.5 Å². The van der Waals surface area contributed by atoms with Crippen LogP contribution in [-0.4, -0.2) is 22.8 Å². The van der Waals surface area contributed by atoms with E-state index < -0.39 is 11.5 Å². The zero-order valence-corrected chi connectivity index (χ0v) is 22.1. The van der Waals surface area contributed by atoms with Crippen molar-refractivity contribution >= 4 is 11.6 Å². The third-order valence-electron chi connectivity index (χ3n) is 12.8. The van der Waals surface area contributed by atoms with Gasteiger partial charge in [-0.2, -0.15) is 0 Å². The second kappa shape index (κ2) is 6.83. The van der Waals surface area contributed by atoms with E-state index in [9.17, 15) is 14.7 Å². The molecule has 0 aromatic rings. The van der Waals surface area contributed by atoms with Gasteiger partial charge in [-0.05, 0) is 84.9 Å². The zero-order valence-electron chi connectivity index (χ0n) is 22.1. The number of carbonyl (C=O) groups excluding carboxylic acids is 2. The predicted octanol–water partition coefficient (Wildman–Crippen LogP) is 6.38. The van der Waals surface area contributed by atoms with Gasteiger partial charge in [0.1, 0.15) is 11.6 Å². The van der Waals surface area contributed by atoms with Gasteiger partial charge in [0.05, 0.1) is 6.10 Å². The number of hydrogen-bond acceptors (Lipinski definition) is 3. The molecule has 3 nitrogen and oxygen atoms in total. The highest BCUT2D eigenvalue weighted by Gasteiger charge is 2.72. The van der Waals surface area contributed by atoms with Crippen LogP contribution in [0, 0.1) is 56.7 Å². The molecule has 184 valence electrons. The lowest BCUT2D eigenvalue weighted by Gasteiger charge is -2.73. The van der Waals surface area contributed by atoms with E-state index in [0.29, 0.717) is 42.2 Å². The fourth-order valence-electron chi connectivity index (χ4n) is 11.3. The molecule has 5 aliphatic carbocycles. The number of aliphatic hydroxyl groups is 1. The molecule has 5 aliphatic rings. The van der Waals surface area contributed by atoms with Crippen LogP contribution in [0.5, 0.6) is 0 Å². The van der Waals surface area contributed by atoms with E-state index in [1.807, 2.05) is 0 Å². The summed E-state index contributed by atoms with van der Waals surface area (Å²) < 4.78 is 0. The van der Waals surface area contributed by atoms with Crippen LogP contribution in [0.1, 0.15) is 99.8 Å². The highest BCUT2D eigenvalue weighted by molar-refractivity contribution is 5.87. The lowest BCUT2D eigenvalue weighted by atomic mass is 9.32. The van der Waals surface area contributed by atoms with Crippen molar-refractivity contribution in [2.75, 3.05) is 0 Å². The van der Waals surface area contributed by atoms with E-state index in [1.54, 1.807) is 0 Å². The molecule has 0 bridgehead atoms. The minimum absolute atomic E-state index is 0.00265. The Labute approximate surface area is 201 Å². The van der Waals surface area contributed by atoms with Crippen molar-refractivity contribution in [2.45, 2.75) is 106 Å². The Bertz CT molecular complexity index is 918. The lowest BCUT2D eigenvalue weighted by Crippen LogP contribution is -2.69. The quantitative estimate of drug-likeness (QED) is 0.468. The fourth-order valence-corrected chi connectivity index (χ4v) is 11.3. The standard InChI is InChI=1S/C30H46O3/c1-17(2)23-19(31)15-27(5)13-14-29(7)18(24(23)27)9-10-21-28(6)12-11-22(33)26(3,4)25(28)20(32)16-30(21,29)8/h18,20-21,23-25,32H,1,9-16H2,2-8H3/t18-,20-,21-,23-,24+,25+,27+,28-,29-,30-/m1/s1. The van der Waals surface area contributed by atoms with E-state index in [1.165, 1.54) is 6.42 Å². The van der Waals surface area contributed by atoms with Gasteiger partial charge in [-0.3, -0.25) is 9.59 Å². The van der Waals surface area contributed by atoms with Crippen LogP contribution in [0.15, 0.2) is 12.2 Å². The second-order valence-corrected chi connectivity index (χ2v) is 14.6. The maximum atomic E-state index is 13.2. The van der Waals surface area contributed by atoms with E-state index in [0.717, 1.165) is 37.7 Å². The molecule has 0 radical (unpaired) electrons. The number of carbonyl (C=O) groups is 2. The molecule has 5 fully saturated rings. The average molecular weight is 455 g/mol. The molecule has 0 unspecified atom stereocenters. The van der Waals surface area contributed by atoms with E-state index in [4.69, 9.17) is 0 Å². The maximum Gasteiger partial charge on any atom is 0.140 e. The number of aliphatic hydroxyl groups excluding tert-OH is 1. The van der Waals surface area contributed by atoms with Crippen molar-refractivity contribution in [1.82, 2.24) is 0 Å². The lowest BCUT2D eigenvalue weighted by molar-refractivity contribution is -0.258. The minimum atomic E-state index is -0.459. The number of hydrogen-bond donors (Lipinski definition) is 1. The third-order valence-corrected chi connectivity index (χ3v) is 12.8. The monoisotopic (exact) mass is 454 g/mol. The zero-order chi connectivity index (χ0) is 24.4. The molecule has 5 saturated carbocycles. The van der Waals surface area contributed by atoms with Crippen LogP contribution < -0.4 is 0 Å². The summed E-state index contributed by atoms with van der Waals surface area (Å²) in [7, 11) is 0. The number of fused-ring (bicyclic) bond motifs is 7. The molecule has 3 heteroatoms. The molecular formula is C30H46O3. The van der Waals surface area contributed by atoms with Crippen molar-refractivity contribution in [1.29, 1.82) is 0 Å². The van der Waals surface area contributed by atoms with Gasteiger partial charge >= 0.3 is 0 Å². The fraction of sp³-hybridized carbons (Fsp3) is 0.867.